The number of amidine groups is 1. The van der Waals surface area contributed by atoms with Gasteiger partial charge in [0.2, 0.25) is 10.0 Å². The number of carbonyl (C=O) groups excluding carboxylic acids is 1. The zero-order valence-corrected chi connectivity index (χ0v) is 20.2. The van der Waals surface area contributed by atoms with Gasteiger partial charge in [0, 0.05) is 29.4 Å². The summed E-state index contributed by atoms with van der Waals surface area (Å²) in [6.07, 6.45) is 0. The summed E-state index contributed by atoms with van der Waals surface area (Å²) in [6.45, 7) is 5.09. The molecular weight excluding hydrogens is 470 g/mol. The molecule has 0 N–H and O–H groups in total. The van der Waals surface area contributed by atoms with Crippen molar-refractivity contribution in [3.05, 3.63) is 58.6 Å². The van der Waals surface area contributed by atoms with E-state index < -0.39 is 10.0 Å². The number of thioether (sulfide) groups is 1. The second-order valence-corrected chi connectivity index (χ2v) is 11.0. The van der Waals surface area contributed by atoms with Gasteiger partial charge in [0.25, 0.3) is 5.91 Å². The van der Waals surface area contributed by atoms with Crippen molar-refractivity contribution >= 4 is 50.1 Å². The number of amides is 1. The van der Waals surface area contributed by atoms with E-state index in [0.717, 1.165) is 5.75 Å². The number of benzene rings is 2. The minimum Gasteiger partial charge on any atom is -0.379 e. The van der Waals surface area contributed by atoms with Crippen molar-refractivity contribution in [2.45, 2.75) is 24.8 Å². The first-order valence-electron chi connectivity index (χ1n) is 10.3. The van der Waals surface area contributed by atoms with Gasteiger partial charge in [0.1, 0.15) is 0 Å². The molecule has 2 aliphatic rings. The number of morpholine rings is 1. The van der Waals surface area contributed by atoms with Gasteiger partial charge in [-0.1, -0.05) is 29.4 Å². The molecule has 170 valence electrons. The van der Waals surface area contributed by atoms with E-state index in [0.29, 0.717) is 53.3 Å². The van der Waals surface area contributed by atoms with E-state index in [1.54, 1.807) is 43.3 Å². The first-order chi connectivity index (χ1) is 15.3. The molecule has 10 heteroatoms. The third kappa shape index (κ3) is 4.72. The SMILES string of the molecule is Cc1ccc(S(=O)(=O)N2CCOCC2)cc1C(=O)N(C1=N[C@@H](C)CS1)c1ccc(Cl)cc1. The fourth-order valence-corrected chi connectivity index (χ4v) is 6.13. The van der Waals surface area contributed by atoms with Crippen molar-refractivity contribution in [3.63, 3.8) is 0 Å². The maximum absolute atomic E-state index is 13.8. The third-order valence-electron chi connectivity index (χ3n) is 5.31. The van der Waals surface area contributed by atoms with Gasteiger partial charge < -0.3 is 4.74 Å². The minimum atomic E-state index is -3.73. The fourth-order valence-electron chi connectivity index (χ4n) is 3.53. The van der Waals surface area contributed by atoms with Crippen LogP contribution in [0.4, 0.5) is 5.69 Å². The molecule has 0 saturated carbocycles. The Morgan fingerprint density at radius 3 is 2.50 bits per heavy atom. The number of rotatable bonds is 4. The number of anilines is 1. The highest BCUT2D eigenvalue weighted by molar-refractivity contribution is 8.14. The molecule has 0 radical (unpaired) electrons. The lowest BCUT2D eigenvalue weighted by Gasteiger charge is -2.27. The molecule has 2 aromatic carbocycles. The molecule has 7 nitrogen and oxygen atoms in total. The lowest BCUT2D eigenvalue weighted by Crippen LogP contribution is -2.40. The average Bonchev–Trinajstić information content (AvgIpc) is 3.21. The first kappa shape index (κ1) is 23.3. The molecule has 2 heterocycles. The summed E-state index contributed by atoms with van der Waals surface area (Å²) in [6, 6.07) is 11.7. The normalized spacial score (nSPS) is 19.6. The zero-order valence-electron chi connectivity index (χ0n) is 17.8. The summed E-state index contributed by atoms with van der Waals surface area (Å²) < 4.78 is 33.0. The van der Waals surface area contributed by atoms with Gasteiger partial charge in [0.05, 0.1) is 29.8 Å². The standard InChI is InChI=1S/C22H24ClN3O4S2/c1-15-3-8-19(32(28,29)25-9-11-30-12-10-25)13-20(15)21(27)26(22-24-16(2)14-31-22)18-6-4-17(23)5-7-18/h3-8,13,16H,9-12,14H2,1-2H3/t16-/m0/s1. The van der Waals surface area contributed by atoms with Crippen LogP contribution in [0.2, 0.25) is 5.02 Å². The molecule has 2 aromatic rings. The Bertz CT molecular complexity index is 1150. The van der Waals surface area contributed by atoms with E-state index in [-0.39, 0.29) is 16.8 Å². The Labute approximate surface area is 197 Å². The van der Waals surface area contributed by atoms with Crippen LogP contribution < -0.4 is 4.90 Å². The molecule has 0 spiro atoms. The lowest BCUT2D eigenvalue weighted by molar-refractivity contribution is 0.0730. The van der Waals surface area contributed by atoms with Gasteiger partial charge in [0.15, 0.2) is 5.17 Å². The van der Waals surface area contributed by atoms with Crippen LogP contribution in [-0.2, 0) is 14.8 Å². The Balaban J connectivity index is 1.75. The molecule has 1 saturated heterocycles. The van der Waals surface area contributed by atoms with E-state index in [2.05, 4.69) is 4.99 Å². The predicted octanol–water partition coefficient (Wildman–Crippen LogP) is 3.81. The van der Waals surface area contributed by atoms with Crippen LogP contribution in [0.1, 0.15) is 22.8 Å². The van der Waals surface area contributed by atoms with E-state index in [1.807, 2.05) is 6.92 Å². The Morgan fingerprint density at radius 2 is 1.88 bits per heavy atom. The summed E-state index contributed by atoms with van der Waals surface area (Å²) in [5.74, 6) is 0.445. The molecule has 0 aliphatic carbocycles. The van der Waals surface area contributed by atoms with Crippen LogP contribution in [0, 0.1) is 6.92 Å². The van der Waals surface area contributed by atoms with Crippen molar-refractivity contribution in [2.24, 2.45) is 4.99 Å². The number of halogens is 1. The van der Waals surface area contributed by atoms with Crippen molar-refractivity contribution in [3.8, 4) is 0 Å². The van der Waals surface area contributed by atoms with Gasteiger partial charge in [-0.05, 0) is 55.8 Å². The average molecular weight is 494 g/mol. The van der Waals surface area contributed by atoms with Crippen LogP contribution in [-0.4, -0.2) is 61.9 Å². The van der Waals surface area contributed by atoms with Crippen molar-refractivity contribution in [1.29, 1.82) is 0 Å². The highest BCUT2D eigenvalue weighted by Gasteiger charge is 2.31. The smallest absolute Gasteiger partial charge is 0.264 e. The quantitative estimate of drug-likeness (QED) is 0.647. The summed E-state index contributed by atoms with van der Waals surface area (Å²) in [5, 5.41) is 1.15. The van der Waals surface area contributed by atoms with E-state index in [9.17, 15) is 13.2 Å². The van der Waals surface area contributed by atoms with Crippen LogP contribution in [0.3, 0.4) is 0 Å². The van der Waals surface area contributed by atoms with Crippen molar-refractivity contribution in [1.82, 2.24) is 4.31 Å². The number of carbonyl (C=O) groups is 1. The molecule has 0 aromatic heterocycles. The molecule has 1 amide bonds. The molecule has 1 fully saturated rings. The summed E-state index contributed by atoms with van der Waals surface area (Å²) in [4.78, 5) is 20.0. The number of hydrogen-bond acceptors (Lipinski definition) is 6. The van der Waals surface area contributed by atoms with E-state index in [4.69, 9.17) is 16.3 Å². The highest BCUT2D eigenvalue weighted by Crippen LogP contribution is 2.30. The summed E-state index contributed by atoms with van der Waals surface area (Å²) in [5.41, 5.74) is 1.63. The second-order valence-electron chi connectivity index (χ2n) is 7.68. The number of sulfonamides is 1. The molecular formula is C22H24ClN3O4S2. The fraction of sp³-hybridized carbons (Fsp3) is 0.364. The lowest BCUT2D eigenvalue weighted by atomic mass is 10.1. The van der Waals surface area contributed by atoms with Gasteiger partial charge >= 0.3 is 0 Å². The largest absolute Gasteiger partial charge is 0.379 e. The van der Waals surface area contributed by atoms with Crippen LogP contribution in [0.25, 0.3) is 0 Å². The molecule has 0 unspecified atom stereocenters. The number of ether oxygens (including phenoxy) is 1. The number of nitrogens with zero attached hydrogens (tertiary/aromatic N) is 3. The summed E-state index contributed by atoms with van der Waals surface area (Å²) >= 11 is 7.55. The first-order valence-corrected chi connectivity index (χ1v) is 13.1. The number of hydrogen-bond donors (Lipinski definition) is 0. The maximum Gasteiger partial charge on any atom is 0.264 e. The predicted molar refractivity (Wildman–Crippen MR) is 128 cm³/mol. The molecule has 32 heavy (non-hydrogen) atoms. The van der Waals surface area contributed by atoms with Gasteiger partial charge in [-0.2, -0.15) is 4.31 Å². The van der Waals surface area contributed by atoms with Gasteiger partial charge in [-0.25, -0.2) is 8.42 Å². The van der Waals surface area contributed by atoms with Crippen molar-refractivity contribution < 1.29 is 17.9 Å². The molecule has 0 bridgehead atoms. The molecule has 4 rings (SSSR count). The maximum atomic E-state index is 13.8. The van der Waals surface area contributed by atoms with E-state index in [1.165, 1.54) is 27.0 Å². The van der Waals surface area contributed by atoms with Gasteiger partial charge in [-0.3, -0.25) is 14.7 Å². The second kappa shape index (κ2) is 9.52. The number of aliphatic imine (C=N–C) groups is 1. The van der Waals surface area contributed by atoms with Crippen LogP contribution in [0.15, 0.2) is 52.4 Å². The Hall–Kier alpha value is -1.91. The Kier molecular flexibility index (Phi) is 6.92. The van der Waals surface area contributed by atoms with E-state index >= 15 is 0 Å². The minimum absolute atomic E-state index is 0.0896. The van der Waals surface area contributed by atoms with Crippen LogP contribution in [0.5, 0.6) is 0 Å². The topological polar surface area (TPSA) is 79.3 Å². The third-order valence-corrected chi connectivity index (χ3v) is 8.65. The molecule has 1 atom stereocenters. The van der Waals surface area contributed by atoms with Crippen LogP contribution >= 0.6 is 23.4 Å². The summed E-state index contributed by atoms with van der Waals surface area (Å²) in [7, 11) is -3.73. The van der Waals surface area contributed by atoms with Crippen molar-refractivity contribution in [2.75, 3.05) is 37.0 Å². The Morgan fingerprint density at radius 1 is 1.19 bits per heavy atom. The van der Waals surface area contributed by atoms with Gasteiger partial charge in [-0.15, -0.1) is 0 Å². The number of aryl methyl sites for hydroxylation is 1. The highest BCUT2D eigenvalue weighted by atomic mass is 35.5. The zero-order chi connectivity index (χ0) is 22.9. The molecule has 2 aliphatic heterocycles. The monoisotopic (exact) mass is 493 g/mol.